The molecule has 5 nitrogen and oxygen atoms in total. The van der Waals surface area contributed by atoms with Crippen LogP contribution in [0.5, 0.6) is 0 Å². The lowest BCUT2D eigenvalue weighted by molar-refractivity contribution is -0.133. The van der Waals surface area contributed by atoms with Crippen molar-refractivity contribution in [1.82, 2.24) is 15.1 Å². The minimum absolute atomic E-state index is 0.00818. The summed E-state index contributed by atoms with van der Waals surface area (Å²) in [6.45, 7) is 8.56. The standard InChI is InChI=1S/C21H28FN3O2/c1-3-10-23-20(26)14-24-11-9-19-18(12-24)17(13-25(19)21(27)4-2)15-5-7-16(22)8-6-15/h3,5-8,17-19H,1,4,9-14H2,2H3,(H,23,26)/t17-,18-,19-/m1/s1. The van der Waals surface area contributed by atoms with Gasteiger partial charge in [-0.05, 0) is 24.1 Å². The number of rotatable bonds is 6. The Labute approximate surface area is 160 Å². The van der Waals surface area contributed by atoms with Gasteiger partial charge >= 0.3 is 0 Å². The summed E-state index contributed by atoms with van der Waals surface area (Å²) in [5.74, 6) is 0.342. The summed E-state index contributed by atoms with van der Waals surface area (Å²) in [5.41, 5.74) is 1.07. The van der Waals surface area contributed by atoms with Gasteiger partial charge in [0.05, 0.1) is 6.54 Å². The summed E-state index contributed by atoms with van der Waals surface area (Å²) in [6, 6.07) is 6.81. The van der Waals surface area contributed by atoms with Crippen LogP contribution in [-0.4, -0.2) is 60.4 Å². The van der Waals surface area contributed by atoms with Gasteiger partial charge in [0.1, 0.15) is 5.82 Å². The quantitative estimate of drug-likeness (QED) is 0.778. The van der Waals surface area contributed by atoms with E-state index in [1.165, 1.54) is 12.1 Å². The van der Waals surface area contributed by atoms with Gasteiger partial charge in [0, 0.05) is 50.5 Å². The van der Waals surface area contributed by atoms with Crippen LogP contribution in [0.15, 0.2) is 36.9 Å². The summed E-state index contributed by atoms with van der Waals surface area (Å²) in [4.78, 5) is 28.7. The fourth-order valence-corrected chi connectivity index (χ4v) is 4.45. The molecule has 2 amide bonds. The molecule has 6 heteroatoms. The molecule has 2 aliphatic rings. The van der Waals surface area contributed by atoms with Crippen molar-refractivity contribution in [2.75, 3.05) is 32.7 Å². The second-order valence-electron chi connectivity index (χ2n) is 7.41. The van der Waals surface area contributed by atoms with E-state index in [1.807, 2.05) is 24.0 Å². The molecule has 27 heavy (non-hydrogen) atoms. The molecule has 2 fully saturated rings. The van der Waals surface area contributed by atoms with E-state index in [2.05, 4.69) is 16.8 Å². The van der Waals surface area contributed by atoms with E-state index in [9.17, 15) is 14.0 Å². The number of carbonyl (C=O) groups is 2. The predicted octanol–water partition coefficient (Wildman–Crippen LogP) is 2.15. The topological polar surface area (TPSA) is 52.7 Å². The van der Waals surface area contributed by atoms with Crippen molar-refractivity contribution in [3.05, 3.63) is 48.3 Å². The Hall–Kier alpha value is -2.21. The summed E-state index contributed by atoms with van der Waals surface area (Å²) in [6.07, 6.45) is 3.02. The van der Waals surface area contributed by atoms with Crippen LogP contribution < -0.4 is 5.32 Å². The largest absolute Gasteiger partial charge is 0.352 e. The summed E-state index contributed by atoms with van der Waals surface area (Å²) >= 11 is 0. The van der Waals surface area contributed by atoms with Crippen molar-refractivity contribution >= 4 is 11.8 Å². The lowest BCUT2D eigenvalue weighted by Crippen LogP contribution is -2.50. The van der Waals surface area contributed by atoms with Crippen LogP contribution >= 0.6 is 0 Å². The Bertz CT molecular complexity index is 691. The first kappa shape index (κ1) is 19.5. The Balaban J connectivity index is 1.76. The first-order chi connectivity index (χ1) is 13.0. The molecule has 0 spiro atoms. The summed E-state index contributed by atoms with van der Waals surface area (Å²) in [7, 11) is 0. The van der Waals surface area contributed by atoms with Gasteiger partial charge in [0.2, 0.25) is 11.8 Å². The van der Waals surface area contributed by atoms with Gasteiger partial charge in [0.25, 0.3) is 0 Å². The second-order valence-corrected chi connectivity index (χ2v) is 7.41. The number of benzene rings is 1. The van der Waals surface area contributed by atoms with E-state index in [0.717, 1.165) is 25.1 Å². The Morgan fingerprint density at radius 1 is 1.30 bits per heavy atom. The molecule has 3 rings (SSSR count). The number of nitrogens with zero attached hydrogens (tertiary/aromatic N) is 2. The van der Waals surface area contributed by atoms with Crippen LogP contribution in [-0.2, 0) is 9.59 Å². The van der Waals surface area contributed by atoms with Crippen LogP contribution in [0.25, 0.3) is 0 Å². The zero-order valence-electron chi connectivity index (χ0n) is 15.9. The second kappa shape index (κ2) is 8.65. The minimum Gasteiger partial charge on any atom is -0.352 e. The lowest BCUT2D eigenvalue weighted by Gasteiger charge is -2.38. The van der Waals surface area contributed by atoms with Crippen molar-refractivity contribution in [3.8, 4) is 0 Å². The Kier molecular flexibility index (Phi) is 6.26. The third-order valence-corrected chi connectivity index (χ3v) is 5.75. The van der Waals surface area contributed by atoms with E-state index in [4.69, 9.17) is 0 Å². The van der Waals surface area contributed by atoms with Crippen molar-refractivity contribution in [2.24, 2.45) is 5.92 Å². The number of nitrogens with one attached hydrogen (secondary N) is 1. The molecule has 1 aromatic rings. The van der Waals surface area contributed by atoms with Crippen LogP contribution in [0.4, 0.5) is 4.39 Å². The smallest absolute Gasteiger partial charge is 0.234 e. The van der Waals surface area contributed by atoms with Crippen molar-refractivity contribution in [3.63, 3.8) is 0 Å². The average Bonchev–Trinajstić information content (AvgIpc) is 3.05. The van der Waals surface area contributed by atoms with E-state index in [1.54, 1.807) is 6.08 Å². The van der Waals surface area contributed by atoms with Gasteiger partial charge in [-0.15, -0.1) is 6.58 Å². The number of hydrogen-bond donors (Lipinski definition) is 1. The molecule has 0 unspecified atom stereocenters. The molecule has 0 aromatic heterocycles. The fraction of sp³-hybridized carbons (Fsp3) is 0.524. The maximum absolute atomic E-state index is 13.3. The maximum atomic E-state index is 13.3. The number of hydrogen-bond acceptors (Lipinski definition) is 3. The van der Waals surface area contributed by atoms with Gasteiger partial charge in [-0.1, -0.05) is 25.1 Å². The molecule has 0 saturated carbocycles. The van der Waals surface area contributed by atoms with Crippen molar-refractivity contribution in [2.45, 2.75) is 31.7 Å². The first-order valence-electron chi connectivity index (χ1n) is 9.68. The number of amides is 2. The highest BCUT2D eigenvalue weighted by molar-refractivity contribution is 5.78. The van der Waals surface area contributed by atoms with E-state index in [0.29, 0.717) is 26.1 Å². The number of likely N-dealkylation sites (tertiary alicyclic amines) is 2. The van der Waals surface area contributed by atoms with Gasteiger partial charge in [-0.2, -0.15) is 0 Å². The molecule has 0 radical (unpaired) electrons. The highest BCUT2D eigenvalue weighted by Crippen LogP contribution is 2.41. The van der Waals surface area contributed by atoms with Crippen molar-refractivity contribution in [1.29, 1.82) is 0 Å². The number of halogens is 1. The molecule has 1 N–H and O–H groups in total. The van der Waals surface area contributed by atoms with Crippen LogP contribution in [0, 0.1) is 11.7 Å². The Morgan fingerprint density at radius 2 is 2.04 bits per heavy atom. The van der Waals surface area contributed by atoms with Crippen LogP contribution in [0.1, 0.15) is 31.2 Å². The number of piperidine rings is 1. The number of fused-ring (bicyclic) bond motifs is 1. The fourth-order valence-electron chi connectivity index (χ4n) is 4.45. The molecule has 2 saturated heterocycles. The monoisotopic (exact) mass is 373 g/mol. The van der Waals surface area contributed by atoms with Crippen LogP contribution in [0.2, 0.25) is 0 Å². The van der Waals surface area contributed by atoms with Gasteiger partial charge in [0.15, 0.2) is 0 Å². The van der Waals surface area contributed by atoms with Gasteiger partial charge < -0.3 is 10.2 Å². The first-order valence-corrected chi connectivity index (χ1v) is 9.68. The average molecular weight is 373 g/mol. The zero-order chi connectivity index (χ0) is 19.4. The molecule has 146 valence electrons. The van der Waals surface area contributed by atoms with E-state index in [-0.39, 0.29) is 35.5 Å². The molecule has 2 aliphatic heterocycles. The highest BCUT2D eigenvalue weighted by Gasteiger charge is 2.46. The summed E-state index contributed by atoms with van der Waals surface area (Å²) < 4.78 is 13.3. The molecule has 2 heterocycles. The predicted molar refractivity (Wildman–Crippen MR) is 103 cm³/mol. The minimum atomic E-state index is -0.251. The van der Waals surface area contributed by atoms with Gasteiger partial charge in [-0.25, -0.2) is 4.39 Å². The molecular weight excluding hydrogens is 345 g/mol. The molecule has 3 atom stereocenters. The summed E-state index contributed by atoms with van der Waals surface area (Å²) in [5, 5.41) is 2.82. The van der Waals surface area contributed by atoms with Crippen molar-refractivity contribution < 1.29 is 14.0 Å². The van der Waals surface area contributed by atoms with Gasteiger partial charge in [-0.3, -0.25) is 14.5 Å². The highest BCUT2D eigenvalue weighted by atomic mass is 19.1. The third-order valence-electron chi connectivity index (χ3n) is 5.75. The maximum Gasteiger partial charge on any atom is 0.234 e. The molecule has 0 bridgehead atoms. The van der Waals surface area contributed by atoms with Crippen LogP contribution in [0.3, 0.4) is 0 Å². The molecule has 1 aromatic carbocycles. The SMILES string of the molecule is C=CCNC(=O)CN1CC[C@@H]2[C@H](C1)[C@@H](c1ccc(F)cc1)CN2C(=O)CC. The normalized spacial score (nSPS) is 25.1. The Morgan fingerprint density at radius 3 is 2.70 bits per heavy atom. The zero-order valence-corrected chi connectivity index (χ0v) is 15.9. The number of carbonyl (C=O) groups excluding carboxylic acids is 2. The third kappa shape index (κ3) is 4.38. The lowest BCUT2D eigenvalue weighted by atomic mass is 9.82. The molecule has 0 aliphatic carbocycles. The van der Waals surface area contributed by atoms with E-state index >= 15 is 0 Å². The molecular formula is C21H28FN3O2. The van der Waals surface area contributed by atoms with E-state index < -0.39 is 0 Å².